The fraction of sp³-hybridized carbons (Fsp3) is 0.900. The van der Waals surface area contributed by atoms with E-state index in [0.717, 1.165) is 30.9 Å². The number of nitrogens with one attached hydrogen (secondary N) is 2. The van der Waals surface area contributed by atoms with Gasteiger partial charge >= 0.3 is 0 Å². The molecule has 27 heavy (non-hydrogen) atoms. The van der Waals surface area contributed by atoms with Gasteiger partial charge in [0.1, 0.15) is 6.54 Å². The van der Waals surface area contributed by atoms with Crippen molar-refractivity contribution in [2.45, 2.75) is 71.5 Å². The second kappa shape index (κ2) is 11.4. The van der Waals surface area contributed by atoms with Crippen LogP contribution in [0.3, 0.4) is 0 Å². The predicted molar refractivity (Wildman–Crippen MR) is 124 cm³/mol. The Kier molecular flexibility index (Phi) is 10.4. The van der Waals surface area contributed by atoms with E-state index in [1.165, 1.54) is 25.7 Å². The molecule has 2 saturated carbocycles. The molecule has 0 radical (unpaired) electrons. The van der Waals surface area contributed by atoms with E-state index in [1.54, 1.807) is 19.0 Å². The summed E-state index contributed by atoms with van der Waals surface area (Å²) in [5.74, 6) is 2.49. The number of aliphatic imine (C=N–C) groups is 1. The minimum absolute atomic E-state index is 0. The van der Waals surface area contributed by atoms with E-state index < -0.39 is 0 Å². The summed E-state index contributed by atoms with van der Waals surface area (Å²) in [7, 11) is 3.55. The number of fused-ring (bicyclic) bond motifs is 2. The molecular formula is C20H40IN5O. The summed E-state index contributed by atoms with van der Waals surface area (Å²) in [6.45, 7) is 10.9. The van der Waals surface area contributed by atoms with Gasteiger partial charge in [0.25, 0.3) is 0 Å². The molecule has 7 heteroatoms. The zero-order valence-corrected chi connectivity index (χ0v) is 20.3. The van der Waals surface area contributed by atoms with Gasteiger partial charge in [0.15, 0.2) is 5.96 Å². The highest BCUT2D eigenvalue weighted by Gasteiger charge is 2.39. The molecular weight excluding hydrogens is 453 g/mol. The SMILES string of the molecule is CC(C)N(CCNC(=NCC(=O)N(C)C)NC1CC2CCC1C2)C(C)C.I. The molecule has 0 aromatic heterocycles. The number of hydrogen-bond acceptors (Lipinski definition) is 3. The topological polar surface area (TPSA) is 60.0 Å². The number of carbonyl (C=O) groups is 1. The van der Waals surface area contributed by atoms with E-state index in [-0.39, 0.29) is 36.4 Å². The number of carbonyl (C=O) groups excluding carboxylic acids is 1. The fourth-order valence-electron chi connectivity index (χ4n) is 4.45. The van der Waals surface area contributed by atoms with Gasteiger partial charge in [-0.3, -0.25) is 9.69 Å². The van der Waals surface area contributed by atoms with Crippen LogP contribution in [0.1, 0.15) is 53.4 Å². The standard InChI is InChI=1S/C20H39N5O.HI/c1-14(2)25(15(3)4)10-9-21-20(22-13-19(26)24(5)6)23-18-12-16-7-8-17(18)11-16;/h14-18H,7-13H2,1-6H3,(H2,21,22,23);1H. The number of nitrogens with zero attached hydrogens (tertiary/aromatic N) is 3. The van der Waals surface area contributed by atoms with Crippen LogP contribution < -0.4 is 10.6 Å². The zero-order valence-electron chi connectivity index (χ0n) is 18.0. The lowest BCUT2D eigenvalue weighted by molar-refractivity contribution is -0.127. The molecule has 2 aliphatic carbocycles. The smallest absolute Gasteiger partial charge is 0.243 e. The van der Waals surface area contributed by atoms with Crippen LogP contribution in [0, 0.1) is 11.8 Å². The van der Waals surface area contributed by atoms with Crippen LogP contribution in [0.5, 0.6) is 0 Å². The summed E-state index contributed by atoms with van der Waals surface area (Å²) in [4.78, 5) is 20.6. The van der Waals surface area contributed by atoms with Gasteiger partial charge in [-0.05, 0) is 58.8 Å². The maximum atomic E-state index is 11.9. The Bertz CT molecular complexity index is 487. The Hall–Kier alpha value is -0.570. The van der Waals surface area contributed by atoms with Gasteiger partial charge in [-0.15, -0.1) is 24.0 Å². The van der Waals surface area contributed by atoms with Gasteiger partial charge < -0.3 is 15.5 Å². The van der Waals surface area contributed by atoms with Gasteiger partial charge in [-0.25, -0.2) is 4.99 Å². The summed E-state index contributed by atoms with van der Waals surface area (Å²) in [5.41, 5.74) is 0. The van der Waals surface area contributed by atoms with Crippen LogP contribution >= 0.6 is 24.0 Å². The Morgan fingerprint density at radius 1 is 1.11 bits per heavy atom. The van der Waals surface area contributed by atoms with Crippen molar-refractivity contribution < 1.29 is 4.79 Å². The maximum Gasteiger partial charge on any atom is 0.243 e. The molecule has 2 aliphatic rings. The first-order valence-electron chi connectivity index (χ1n) is 10.3. The van der Waals surface area contributed by atoms with Crippen molar-refractivity contribution in [1.82, 2.24) is 20.4 Å². The lowest BCUT2D eigenvalue weighted by atomic mass is 9.95. The molecule has 0 heterocycles. The van der Waals surface area contributed by atoms with Gasteiger partial charge in [-0.1, -0.05) is 6.42 Å². The van der Waals surface area contributed by atoms with Crippen molar-refractivity contribution in [3.05, 3.63) is 0 Å². The lowest BCUT2D eigenvalue weighted by Crippen LogP contribution is -2.49. The van der Waals surface area contributed by atoms with E-state index in [1.807, 2.05) is 0 Å². The third kappa shape index (κ3) is 7.40. The molecule has 2 rings (SSSR count). The van der Waals surface area contributed by atoms with Gasteiger partial charge in [0, 0.05) is 45.3 Å². The van der Waals surface area contributed by atoms with Gasteiger partial charge in [0.05, 0.1) is 0 Å². The van der Waals surface area contributed by atoms with Gasteiger partial charge in [-0.2, -0.15) is 0 Å². The summed E-state index contributed by atoms with van der Waals surface area (Å²) >= 11 is 0. The van der Waals surface area contributed by atoms with Crippen LogP contribution in [-0.2, 0) is 4.79 Å². The molecule has 0 saturated heterocycles. The third-order valence-electron chi connectivity index (χ3n) is 5.92. The van der Waals surface area contributed by atoms with Crippen molar-refractivity contribution in [3.63, 3.8) is 0 Å². The van der Waals surface area contributed by atoms with E-state index in [2.05, 4.69) is 48.2 Å². The molecule has 2 fully saturated rings. The number of hydrogen-bond donors (Lipinski definition) is 2. The fourth-order valence-corrected chi connectivity index (χ4v) is 4.45. The summed E-state index contributed by atoms with van der Waals surface area (Å²) in [6.07, 6.45) is 5.33. The Balaban J connectivity index is 0.00000364. The molecule has 0 spiro atoms. The second-order valence-corrected chi connectivity index (χ2v) is 8.73. The summed E-state index contributed by atoms with van der Waals surface area (Å²) in [6, 6.07) is 1.55. The average molecular weight is 493 g/mol. The quantitative estimate of drug-likeness (QED) is 0.310. The van der Waals surface area contributed by atoms with Crippen LogP contribution in [-0.4, -0.2) is 73.5 Å². The first kappa shape index (κ1) is 24.5. The second-order valence-electron chi connectivity index (χ2n) is 8.73. The molecule has 3 unspecified atom stereocenters. The van der Waals surface area contributed by atoms with Crippen molar-refractivity contribution in [3.8, 4) is 0 Å². The summed E-state index contributed by atoms with van der Waals surface area (Å²) < 4.78 is 0. The normalized spacial score (nSPS) is 24.5. The van der Waals surface area contributed by atoms with E-state index in [4.69, 9.17) is 0 Å². The molecule has 3 atom stereocenters. The highest BCUT2D eigenvalue weighted by Crippen LogP contribution is 2.44. The number of guanidine groups is 1. The molecule has 2 N–H and O–H groups in total. The number of rotatable bonds is 8. The largest absolute Gasteiger partial charge is 0.355 e. The van der Waals surface area contributed by atoms with Crippen molar-refractivity contribution in [2.75, 3.05) is 33.7 Å². The minimum atomic E-state index is 0. The number of halogens is 1. The van der Waals surface area contributed by atoms with Crippen molar-refractivity contribution >= 4 is 35.8 Å². The first-order valence-corrected chi connectivity index (χ1v) is 10.3. The monoisotopic (exact) mass is 493 g/mol. The highest BCUT2D eigenvalue weighted by molar-refractivity contribution is 14.0. The molecule has 0 aliphatic heterocycles. The molecule has 0 aromatic rings. The average Bonchev–Trinajstić information content (AvgIpc) is 3.17. The number of likely N-dealkylation sites (N-methyl/N-ethyl adjacent to an activating group) is 1. The van der Waals surface area contributed by atoms with Gasteiger partial charge in [0.2, 0.25) is 5.91 Å². The third-order valence-corrected chi connectivity index (χ3v) is 5.92. The maximum absolute atomic E-state index is 11.9. The molecule has 158 valence electrons. The van der Waals surface area contributed by atoms with Crippen molar-refractivity contribution in [1.29, 1.82) is 0 Å². The summed E-state index contributed by atoms with van der Waals surface area (Å²) in [5, 5.41) is 7.09. The van der Waals surface area contributed by atoms with E-state index in [9.17, 15) is 4.79 Å². The zero-order chi connectivity index (χ0) is 19.3. The van der Waals surface area contributed by atoms with E-state index >= 15 is 0 Å². The highest BCUT2D eigenvalue weighted by atomic mass is 127. The molecule has 2 bridgehead atoms. The first-order chi connectivity index (χ1) is 12.3. The van der Waals surface area contributed by atoms with Crippen molar-refractivity contribution in [2.24, 2.45) is 16.8 Å². The van der Waals surface area contributed by atoms with E-state index in [0.29, 0.717) is 18.1 Å². The Labute approximate surface area is 182 Å². The Morgan fingerprint density at radius 3 is 2.26 bits per heavy atom. The molecule has 1 amide bonds. The Morgan fingerprint density at radius 2 is 1.78 bits per heavy atom. The van der Waals surface area contributed by atoms with Crippen LogP contribution in [0.15, 0.2) is 4.99 Å². The van der Waals surface area contributed by atoms with Crippen LogP contribution in [0.25, 0.3) is 0 Å². The lowest BCUT2D eigenvalue weighted by Gasteiger charge is -2.31. The minimum Gasteiger partial charge on any atom is -0.355 e. The van der Waals surface area contributed by atoms with Crippen LogP contribution in [0.4, 0.5) is 0 Å². The number of amides is 1. The van der Waals surface area contributed by atoms with Crippen LogP contribution in [0.2, 0.25) is 0 Å². The molecule has 0 aromatic carbocycles. The molecule has 6 nitrogen and oxygen atoms in total. The predicted octanol–water partition coefficient (Wildman–Crippen LogP) is 2.54.